The van der Waals surface area contributed by atoms with Crippen molar-refractivity contribution in [1.82, 2.24) is 4.31 Å². The normalized spacial score (nSPS) is 15.2. The lowest BCUT2D eigenvalue weighted by atomic mass is 10.3. The maximum absolute atomic E-state index is 12.5. The van der Waals surface area contributed by atoms with Crippen molar-refractivity contribution < 1.29 is 18.4 Å². The molecule has 9 nitrogen and oxygen atoms in total. The zero-order chi connectivity index (χ0) is 15.6. The zero-order valence-electron chi connectivity index (χ0n) is 11.1. The predicted molar refractivity (Wildman–Crippen MR) is 74.9 cm³/mol. The molecule has 1 aliphatic carbocycles. The van der Waals surface area contributed by atoms with Gasteiger partial charge in [-0.05, 0) is 25.0 Å². The molecule has 116 valence electrons. The molecule has 4 N–H and O–H groups in total. The minimum absolute atomic E-state index is 0.00459. The molecule has 1 aromatic rings. The standard InChI is InChI=1S/C11H16N4O5S/c12-13-10-7-9(3-4-11(10)15(17)18)21(19,20)14(5-6-16)8-1-2-8/h3-4,7-8,13,16H,1-2,5-6,12H2. The average Bonchev–Trinajstić information content (AvgIpc) is 3.28. The molecular formula is C11H16N4O5S. The van der Waals surface area contributed by atoms with Gasteiger partial charge in [0.2, 0.25) is 10.0 Å². The van der Waals surface area contributed by atoms with Crippen molar-refractivity contribution in [1.29, 1.82) is 0 Å². The molecule has 10 heteroatoms. The van der Waals surface area contributed by atoms with Crippen LogP contribution in [0.25, 0.3) is 0 Å². The van der Waals surface area contributed by atoms with E-state index in [1.54, 1.807) is 0 Å². The summed E-state index contributed by atoms with van der Waals surface area (Å²) in [6, 6.07) is 3.26. The van der Waals surface area contributed by atoms with E-state index in [9.17, 15) is 18.5 Å². The first-order valence-corrected chi connectivity index (χ1v) is 7.73. The van der Waals surface area contributed by atoms with E-state index in [2.05, 4.69) is 5.43 Å². The van der Waals surface area contributed by atoms with E-state index in [0.717, 1.165) is 25.0 Å². The van der Waals surface area contributed by atoms with Crippen LogP contribution in [0.4, 0.5) is 11.4 Å². The van der Waals surface area contributed by atoms with Gasteiger partial charge in [-0.25, -0.2) is 8.42 Å². The minimum atomic E-state index is -3.82. The number of nitrogens with zero attached hydrogens (tertiary/aromatic N) is 2. The number of sulfonamides is 1. The van der Waals surface area contributed by atoms with Crippen molar-refractivity contribution in [3.8, 4) is 0 Å². The lowest BCUT2D eigenvalue weighted by molar-refractivity contribution is -0.384. The number of benzene rings is 1. The Kier molecular flexibility index (Phi) is 4.42. The second-order valence-electron chi connectivity index (χ2n) is 4.65. The Morgan fingerprint density at radius 1 is 1.48 bits per heavy atom. The summed E-state index contributed by atoms with van der Waals surface area (Å²) in [6.45, 7) is -0.292. The topological polar surface area (TPSA) is 139 Å². The van der Waals surface area contributed by atoms with Crippen LogP contribution >= 0.6 is 0 Å². The number of hydrogen-bond acceptors (Lipinski definition) is 7. The smallest absolute Gasteiger partial charge is 0.293 e. The van der Waals surface area contributed by atoms with Gasteiger partial charge >= 0.3 is 0 Å². The average molecular weight is 316 g/mol. The van der Waals surface area contributed by atoms with E-state index in [1.165, 1.54) is 10.4 Å². The van der Waals surface area contributed by atoms with Gasteiger partial charge < -0.3 is 10.5 Å². The summed E-state index contributed by atoms with van der Waals surface area (Å²) in [7, 11) is -3.82. The van der Waals surface area contributed by atoms with Crippen LogP contribution in [0.2, 0.25) is 0 Å². The second-order valence-corrected chi connectivity index (χ2v) is 6.54. The van der Waals surface area contributed by atoms with Crippen molar-refractivity contribution in [2.75, 3.05) is 18.6 Å². The van der Waals surface area contributed by atoms with E-state index < -0.39 is 14.9 Å². The molecule has 0 heterocycles. The largest absolute Gasteiger partial charge is 0.395 e. The molecular weight excluding hydrogens is 300 g/mol. The van der Waals surface area contributed by atoms with Gasteiger partial charge in [-0.1, -0.05) is 0 Å². The highest BCUT2D eigenvalue weighted by molar-refractivity contribution is 7.89. The number of nitro benzene ring substituents is 1. The molecule has 0 radical (unpaired) electrons. The first kappa shape index (κ1) is 15.6. The summed E-state index contributed by atoms with van der Waals surface area (Å²) >= 11 is 0. The highest BCUT2D eigenvalue weighted by Gasteiger charge is 2.38. The molecule has 0 spiro atoms. The maximum Gasteiger partial charge on any atom is 0.293 e. The van der Waals surface area contributed by atoms with Crippen LogP contribution < -0.4 is 11.3 Å². The molecule has 0 aliphatic heterocycles. The Labute approximate surface area is 121 Å². The quantitative estimate of drug-likeness (QED) is 0.366. The monoisotopic (exact) mass is 316 g/mol. The molecule has 2 rings (SSSR count). The summed E-state index contributed by atoms with van der Waals surface area (Å²) in [6.07, 6.45) is 1.49. The van der Waals surface area contributed by atoms with Gasteiger partial charge in [0.1, 0.15) is 5.69 Å². The molecule has 1 fully saturated rings. The molecule has 0 unspecified atom stereocenters. The van der Waals surface area contributed by atoms with Gasteiger partial charge in [0.05, 0.1) is 16.4 Å². The zero-order valence-corrected chi connectivity index (χ0v) is 11.9. The number of nitrogens with two attached hydrogens (primary N) is 1. The maximum atomic E-state index is 12.5. The SMILES string of the molecule is NNc1cc(S(=O)(=O)N(CCO)C2CC2)ccc1[N+](=O)[O-]. The number of hydrazine groups is 1. The van der Waals surface area contributed by atoms with Crippen LogP contribution in [0.15, 0.2) is 23.1 Å². The van der Waals surface area contributed by atoms with Gasteiger partial charge in [-0.15, -0.1) is 0 Å². The first-order valence-electron chi connectivity index (χ1n) is 6.29. The Hall–Kier alpha value is -1.75. The van der Waals surface area contributed by atoms with Crippen LogP contribution in [0.5, 0.6) is 0 Å². The third-order valence-corrected chi connectivity index (χ3v) is 5.15. The molecule has 0 bridgehead atoms. The van der Waals surface area contributed by atoms with Crippen molar-refractivity contribution in [3.05, 3.63) is 28.3 Å². The van der Waals surface area contributed by atoms with E-state index in [0.29, 0.717) is 0 Å². The highest BCUT2D eigenvalue weighted by atomic mass is 32.2. The van der Waals surface area contributed by atoms with Crippen molar-refractivity contribution in [3.63, 3.8) is 0 Å². The van der Waals surface area contributed by atoms with E-state index in [-0.39, 0.29) is 35.5 Å². The summed E-state index contributed by atoms with van der Waals surface area (Å²) in [5.74, 6) is 5.20. The number of nitro groups is 1. The summed E-state index contributed by atoms with van der Waals surface area (Å²) in [5.41, 5.74) is 1.74. The lowest BCUT2D eigenvalue weighted by Gasteiger charge is -2.21. The van der Waals surface area contributed by atoms with Gasteiger partial charge in [0, 0.05) is 18.7 Å². The number of nitrogen functional groups attached to an aromatic ring is 1. The molecule has 1 aliphatic rings. The van der Waals surface area contributed by atoms with Crippen molar-refractivity contribution in [2.24, 2.45) is 5.84 Å². The van der Waals surface area contributed by atoms with Crippen LogP contribution in [0, 0.1) is 10.1 Å². The number of hydrogen-bond donors (Lipinski definition) is 3. The Morgan fingerprint density at radius 2 is 2.14 bits per heavy atom. The second kappa shape index (κ2) is 5.93. The highest BCUT2D eigenvalue weighted by Crippen LogP contribution is 2.34. The molecule has 0 aromatic heterocycles. The lowest BCUT2D eigenvalue weighted by Crippen LogP contribution is -2.35. The Morgan fingerprint density at radius 3 is 2.62 bits per heavy atom. The summed E-state index contributed by atoms with van der Waals surface area (Å²) < 4.78 is 26.3. The van der Waals surface area contributed by atoms with Crippen molar-refractivity contribution in [2.45, 2.75) is 23.8 Å². The van der Waals surface area contributed by atoms with E-state index in [4.69, 9.17) is 10.9 Å². The Bertz CT molecular complexity index is 644. The van der Waals surface area contributed by atoms with Gasteiger partial charge in [-0.2, -0.15) is 4.31 Å². The van der Waals surface area contributed by atoms with Crippen LogP contribution in [-0.2, 0) is 10.0 Å². The molecule has 0 amide bonds. The van der Waals surface area contributed by atoms with Crippen LogP contribution in [-0.4, -0.2) is 41.9 Å². The molecule has 0 atom stereocenters. The number of rotatable bonds is 7. The number of aliphatic hydroxyl groups is 1. The fraction of sp³-hybridized carbons (Fsp3) is 0.455. The fourth-order valence-electron chi connectivity index (χ4n) is 2.05. The number of anilines is 1. The van der Waals surface area contributed by atoms with Gasteiger partial charge in [-0.3, -0.25) is 16.0 Å². The molecule has 1 aromatic carbocycles. The molecule has 1 saturated carbocycles. The fourth-order valence-corrected chi connectivity index (χ4v) is 3.75. The number of aliphatic hydroxyl groups excluding tert-OH is 1. The van der Waals surface area contributed by atoms with Gasteiger partial charge in [0.25, 0.3) is 5.69 Å². The predicted octanol–water partition coefficient (Wildman–Crippen LogP) is 0.0258. The molecule has 0 saturated heterocycles. The summed E-state index contributed by atoms with van der Waals surface area (Å²) in [4.78, 5) is 10.1. The number of nitrogens with one attached hydrogen (secondary N) is 1. The summed E-state index contributed by atoms with van der Waals surface area (Å²) in [5, 5.41) is 19.8. The molecule has 21 heavy (non-hydrogen) atoms. The minimum Gasteiger partial charge on any atom is -0.395 e. The van der Waals surface area contributed by atoms with E-state index in [1.807, 2.05) is 0 Å². The third-order valence-electron chi connectivity index (χ3n) is 3.20. The first-order chi connectivity index (χ1) is 9.91. The van der Waals surface area contributed by atoms with E-state index >= 15 is 0 Å². The third kappa shape index (κ3) is 3.13. The Balaban J connectivity index is 2.42. The van der Waals surface area contributed by atoms with Crippen LogP contribution in [0.1, 0.15) is 12.8 Å². The van der Waals surface area contributed by atoms with Gasteiger partial charge in [0.15, 0.2) is 0 Å². The van der Waals surface area contributed by atoms with Crippen molar-refractivity contribution >= 4 is 21.4 Å². The van der Waals surface area contributed by atoms with Crippen LogP contribution in [0.3, 0.4) is 0 Å².